The lowest BCUT2D eigenvalue weighted by molar-refractivity contribution is -0.318. The topological polar surface area (TPSA) is 240 Å². The number of likely N-dealkylation sites (N-methyl/N-ethyl adjacent to an activating group) is 2. The van der Waals surface area contributed by atoms with E-state index in [1.54, 1.807) is 71.5 Å². The van der Waals surface area contributed by atoms with Crippen molar-refractivity contribution in [3.63, 3.8) is 0 Å². The number of esters is 1. The van der Waals surface area contributed by atoms with E-state index in [1.165, 1.54) is 37.1 Å². The number of benzene rings is 1. The van der Waals surface area contributed by atoms with Crippen LogP contribution in [0.5, 0.6) is 0 Å². The molecule has 0 aliphatic carbocycles. The molecular formula is C52H83FN6O14. The Balaban J connectivity index is 1.23. The van der Waals surface area contributed by atoms with Gasteiger partial charge in [-0.1, -0.05) is 38.1 Å². The number of amides is 1. The van der Waals surface area contributed by atoms with Crippen LogP contribution in [0.15, 0.2) is 36.5 Å². The number of hydrogen-bond acceptors (Lipinski definition) is 18. The van der Waals surface area contributed by atoms with Gasteiger partial charge < -0.3 is 63.6 Å². The fraction of sp³-hybridized carbons (Fsp3) is 0.769. The Morgan fingerprint density at radius 3 is 2.36 bits per heavy atom. The Morgan fingerprint density at radius 2 is 1.68 bits per heavy atom. The Labute approximate surface area is 429 Å². The molecule has 1 amide bonds. The van der Waals surface area contributed by atoms with Crippen LogP contribution in [0.25, 0.3) is 6.08 Å². The van der Waals surface area contributed by atoms with Gasteiger partial charge in [0.15, 0.2) is 12.6 Å². The minimum atomic E-state index is -1.85. The summed E-state index contributed by atoms with van der Waals surface area (Å²) in [6, 6.07) is 4.68. The molecule has 19 atom stereocenters. The van der Waals surface area contributed by atoms with E-state index in [4.69, 9.17) is 33.2 Å². The zero-order valence-corrected chi connectivity index (χ0v) is 44.9. The number of nitrogens with zero attached hydrogens (tertiary/aromatic N) is 6. The predicted molar refractivity (Wildman–Crippen MR) is 266 cm³/mol. The average Bonchev–Trinajstić information content (AvgIpc) is 3.94. The summed E-state index contributed by atoms with van der Waals surface area (Å²) in [5, 5.41) is 68.1. The van der Waals surface area contributed by atoms with Crippen LogP contribution in [-0.2, 0) is 44.5 Å². The van der Waals surface area contributed by atoms with Crippen molar-refractivity contribution in [1.82, 2.24) is 24.8 Å². The summed E-state index contributed by atoms with van der Waals surface area (Å²) < 4.78 is 59.1. The van der Waals surface area contributed by atoms with Crippen molar-refractivity contribution in [2.75, 3.05) is 45.7 Å². The average molecular weight is 1040 g/mol. The number of carbonyl (C=O) groups excluding carboxylic acids is 2. The molecule has 6 rings (SSSR count). The smallest absolute Gasteiger partial charge is 0.414 e. The molecule has 2 aromatic rings. The summed E-state index contributed by atoms with van der Waals surface area (Å²) in [4.78, 5) is 32.3. The first-order valence-corrected chi connectivity index (χ1v) is 25.8. The summed E-state index contributed by atoms with van der Waals surface area (Å²) in [5.74, 6) is -3.33. The van der Waals surface area contributed by atoms with E-state index in [-0.39, 0.29) is 38.3 Å². The van der Waals surface area contributed by atoms with Crippen molar-refractivity contribution in [3.8, 4) is 0 Å². The molecule has 5 heterocycles. The maximum absolute atomic E-state index is 14.5. The maximum atomic E-state index is 14.5. The molecule has 4 fully saturated rings. The molecule has 1 aromatic heterocycles. The molecule has 20 nitrogen and oxygen atoms in total. The van der Waals surface area contributed by atoms with Crippen LogP contribution < -0.4 is 4.90 Å². The third kappa shape index (κ3) is 13.6. The lowest BCUT2D eigenvalue weighted by Gasteiger charge is -2.49. The van der Waals surface area contributed by atoms with Gasteiger partial charge in [0.2, 0.25) is 0 Å². The molecule has 21 heteroatoms. The number of anilines is 1. The number of cyclic esters (lactones) is 2. The Kier molecular flexibility index (Phi) is 19.3. The second-order valence-electron chi connectivity index (χ2n) is 22.0. The summed E-state index contributed by atoms with van der Waals surface area (Å²) in [7, 11) is 5.19. The van der Waals surface area contributed by atoms with Gasteiger partial charge in [0.1, 0.15) is 47.6 Å². The molecule has 0 radical (unpaired) electrons. The molecule has 5 N–H and O–H groups in total. The standard InChI is InChI=1S/C52H83FN6O14/c1-14-40-52(10,66)44(61)33(6)57(12)25-29(2)23-50(8,65)46(31(4)43(32(5)47(63)71-40)72-41-24-51(9,67-13)45(62)34(7)69-41)73-48-42(60)39(21-30(3)68-48)56(11)20-16-18-36-26-58(55-54-36)27-38-28-59(49(64)70-38)37-19-15-17-35(53)22-37/h15-19,22,26,29-34,38-46,48,60-62,65-66H,14,20-21,23-25,27-28H2,1-13H3/b18-16+/t29-,30-,31+,32-,33-,34+,38+,39+,40-,41+,42-,43+,44-,45+,46-,48?,50-,51-,52-/m1/s1. The van der Waals surface area contributed by atoms with Crippen molar-refractivity contribution in [3.05, 3.63) is 48.0 Å². The zero-order chi connectivity index (χ0) is 53.9. The highest BCUT2D eigenvalue weighted by Crippen LogP contribution is 2.40. The van der Waals surface area contributed by atoms with E-state index in [1.807, 2.05) is 43.8 Å². The fourth-order valence-corrected chi connectivity index (χ4v) is 11.3. The predicted octanol–water partition coefficient (Wildman–Crippen LogP) is 3.74. The molecule has 0 spiro atoms. The summed E-state index contributed by atoms with van der Waals surface area (Å²) in [6.07, 6.45) is -5.13. The van der Waals surface area contributed by atoms with E-state index in [9.17, 15) is 39.5 Å². The third-order valence-corrected chi connectivity index (χ3v) is 15.7. The lowest BCUT2D eigenvalue weighted by atomic mass is 9.77. The number of halogens is 1. The van der Waals surface area contributed by atoms with E-state index >= 15 is 0 Å². The number of rotatable bonds is 13. The van der Waals surface area contributed by atoms with Gasteiger partial charge in [0.25, 0.3) is 0 Å². The number of aromatic nitrogens is 3. The molecule has 73 heavy (non-hydrogen) atoms. The van der Waals surface area contributed by atoms with Gasteiger partial charge in [-0.15, -0.1) is 5.10 Å². The molecule has 0 bridgehead atoms. The molecule has 1 unspecified atom stereocenters. The van der Waals surface area contributed by atoms with Gasteiger partial charge >= 0.3 is 12.1 Å². The van der Waals surface area contributed by atoms with Crippen molar-refractivity contribution in [1.29, 1.82) is 0 Å². The number of carbonyl (C=O) groups is 2. The van der Waals surface area contributed by atoms with Gasteiger partial charge in [-0.3, -0.25) is 14.6 Å². The molecule has 412 valence electrons. The SMILES string of the molecule is CC[C@H]1OC(=O)[C@H](C)[C@@H](O[C@H]2C[C@@](C)(OC)[C@@H](O)[C@H](C)O2)[C@H](C)[C@@H](OC2O[C@H](C)C[C@H](N(C)C/C=C/c3cn(C[C@H]4CN(c5cccc(F)c5)C(=O)O4)nn3)[C@H]2O)[C@](C)(O)C[C@@H](C)CN(C)[C@H](C)[C@@H](O)[C@]1(C)O. The zero-order valence-electron chi connectivity index (χ0n) is 44.9. The Hall–Kier alpha value is -3.71. The second kappa shape index (κ2) is 24.1. The highest BCUT2D eigenvalue weighted by molar-refractivity contribution is 5.89. The van der Waals surface area contributed by atoms with E-state index in [0.29, 0.717) is 30.9 Å². The van der Waals surface area contributed by atoms with Crippen molar-refractivity contribution < 1.29 is 72.7 Å². The Bertz CT molecular complexity index is 2170. The van der Waals surface area contributed by atoms with E-state index in [0.717, 1.165) is 0 Å². The fourth-order valence-electron chi connectivity index (χ4n) is 11.3. The maximum Gasteiger partial charge on any atom is 0.414 e. The minimum absolute atomic E-state index is 0.0836. The van der Waals surface area contributed by atoms with Crippen molar-refractivity contribution >= 4 is 23.8 Å². The molecule has 0 saturated carbocycles. The monoisotopic (exact) mass is 1030 g/mol. The first-order chi connectivity index (χ1) is 34.2. The first kappa shape index (κ1) is 58.5. The largest absolute Gasteiger partial charge is 0.459 e. The van der Waals surface area contributed by atoms with Crippen LogP contribution in [0.2, 0.25) is 0 Å². The van der Waals surface area contributed by atoms with Crippen molar-refractivity contribution in [2.45, 2.75) is 198 Å². The van der Waals surface area contributed by atoms with Gasteiger partial charge in [0.05, 0.1) is 66.5 Å². The van der Waals surface area contributed by atoms with Crippen LogP contribution in [0, 0.1) is 23.6 Å². The number of aliphatic hydroxyl groups excluding tert-OH is 3. The van der Waals surface area contributed by atoms with Crippen LogP contribution >= 0.6 is 0 Å². The summed E-state index contributed by atoms with van der Waals surface area (Å²) in [6.45, 7) is 18.6. The molecule has 1 aromatic carbocycles. The van der Waals surface area contributed by atoms with Gasteiger partial charge in [-0.2, -0.15) is 0 Å². The minimum Gasteiger partial charge on any atom is -0.459 e. The molecular weight excluding hydrogens is 952 g/mol. The van der Waals surface area contributed by atoms with Crippen LogP contribution in [0.4, 0.5) is 14.9 Å². The first-order valence-electron chi connectivity index (χ1n) is 25.8. The number of hydrogen-bond donors (Lipinski definition) is 5. The molecule has 4 aliphatic rings. The van der Waals surface area contributed by atoms with Crippen molar-refractivity contribution in [2.24, 2.45) is 17.8 Å². The highest BCUT2D eigenvalue weighted by atomic mass is 19.1. The molecule has 4 aliphatic heterocycles. The Morgan fingerprint density at radius 1 is 0.973 bits per heavy atom. The second-order valence-corrected chi connectivity index (χ2v) is 22.0. The van der Waals surface area contributed by atoms with Crippen LogP contribution in [0.1, 0.15) is 101 Å². The number of ether oxygens (including phenoxy) is 7. The van der Waals surface area contributed by atoms with E-state index < -0.39 is 126 Å². The third-order valence-electron chi connectivity index (χ3n) is 15.7. The summed E-state index contributed by atoms with van der Waals surface area (Å²) in [5.41, 5.74) is -3.63. The van der Waals surface area contributed by atoms with Crippen LogP contribution in [-0.4, -0.2) is 200 Å². The molecule has 4 saturated heterocycles. The summed E-state index contributed by atoms with van der Waals surface area (Å²) >= 11 is 0. The normalized spacial score (nSPS) is 40.9. The lowest BCUT2D eigenvalue weighted by Crippen LogP contribution is -2.60. The van der Waals surface area contributed by atoms with Gasteiger partial charge in [0, 0.05) is 44.6 Å². The van der Waals surface area contributed by atoms with Gasteiger partial charge in [-0.05, 0) is 112 Å². The number of aliphatic hydroxyl groups is 5. The number of methoxy groups -OCH3 is 1. The van der Waals surface area contributed by atoms with E-state index in [2.05, 4.69) is 10.3 Å². The quantitative estimate of drug-likeness (QED) is 0.180. The van der Waals surface area contributed by atoms with Gasteiger partial charge in [-0.25, -0.2) is 13.9 Å². The highest BCUT2D eigenvalue weighted by Gasteiger charge is 2.53. The van der Waals surface area contributed by atoms with Crippen LogP contribution in [0.3, 0.4) is 0 Å².